The van der Waals surface area contributed by atoms with Gasteiger partial charge in [-0.25, -0.2) is 0 Å². The minimum atomic E-state index is -0.0103. The van der Waals surface area contributed by atoms with Crippen LogP contribution >= 0.6 is 0 Å². The molecule has 1 aromatic carbocycles. The molecule has 0 saturated heterocycles. The van der Waals surface area contributed by atoms with Gasteiger partial charge < -0.3 is 15.2 Å². The summed E-state index contributed by atoms with van der Waals surface area (Å²) in [7, 11) is 1.84. The quantitative estimate of drug-likeness (QED) is 0.908. The predicted octanol–water partition coefficient (Wildman–Crippen LogP) is 3.05. The van der Waals surface area contributed by atoms with E-state index in [1.165, 1.54) is 0 Å². The van der Waals surface area contributed by atoms with Crippen LogP contribution in [0.1, 0.15) is 30.3 Å². The normalized spacial score (nSPS) is 10.5. The van der Waals surface area contributed by atoms with Gasteiger partial charge in [0.2, 0.25) is 0 Å². The van der Waals surface area contributed by atoms with E-state index >= 15 is 0 Å². The summed E-state index contributed by atoms with van der Waals surface area (Å²) in [6.07, 6.45) is 3.78. The van der Waals surface area contributed by atoms with E-state index in [-0.39, 0.29) is 5.91 Å². The van der Waals surface area contributed by atoms with Crippen LogP contribution < -0.4 is 10.6 Å². The van der Waals surface area contributed by atoms with Crippen LogP contribution in [-0.2, 0) is 7.05 Å². The van der Waals surface area contributed by atoms with E-state index in [0.717, 1.165) is 18.5 Å². The number of para-hydroxylation sites is 1. The molecule has 1 amide bonds. The molecular formula is C16H21N3O. The Morgan fingerprint density at radius 3 is 2.55 bits per heavy atom. The van der Waals surface area contributed by atoms with Crippen LogP contribution in [0, 0.1) is 0 Å². The minimum Gasteiger partial charge on any atom is -0.397 e. The second-order valence-corrected chi connectivity index (χ2v) is 4.92. The number of anilines is 2. The van der Waals surface area contributed by atoms with Crippen LogP contribution in [0.15, 0.2) is 42.6 Å². The highest BCUT2D eigenvalue weighted by Gasteiger charge is 2.19. The second kappa shape index (κ2) is 6.28. The number of carbonyl (C=O) groups excluding carboxylic acids is 1. The standard InChI is InChI=1S/C16H21N3O/c1-3-4-10-19(14-8-6-5-7-9-14)16(20)15-11-13(17)12-18(15)2/h5-9,11-12H,3-4,10,17H2,1-2H3. The first kappa shape index (κ1) is 14.2. The summed E-state index contributed by atoms with van der Waals surface area (Å²) in [6.45, 7) is 2.83. The molecule has 2 aromatic rings. The van der Waals surface area contributed by atoms with Crippen molar-refractivity contribution in [3.8, 4) is 0 Å². The predicted molar refractivity (Wildman–Crippen MR) is 82.9 cm³/mol. The number of unbranched alkanes of at least 4 members (excludes halogenated alkanes) is 1. The summed E-state index contributed by atoms with van der Waals surface area (Å²) in [6, 6.07) is 11.5. The molecule has 0 aliphatic rings. The molecule has 0 saturated carbocycles. The molecule has 0 aliphatic heterocycles. The number of benzene rings is 1. The van der Waals surface area contributed by atoms with Crippen molar-refractivity contribution in [1.82, 2.24) is 4.57 Å². The van der Waals surface area contributed by atoms with E-state index in [2.05, 4.69) is 6.92 Å². The summed E-state index contributed by atoms with van der Waals surface area (Å²) >= 11 is 0. The number of aromatic nitrogens is 1. The van der Waals surface area contributed by atoms with Gasteiger partial charge in [0, 0.05) is 25.5 Å². The average Bonchev–Trinajstić information content (AvgIpc) is 2.79. The van der Waals surface area contributed by atoms with Crippen LogP contribution in [0.2, 0.25) is 0 Å². The highest BCUT2D eigenvalue weighted by molar-refractivity contribution is 6.05. The average molecular weight is 271 g/mol. The monoisotopic (exact) mass is 271 g/mol. The smallest absolute Gasteiger partial charge is 0.274 e. The molecular weight excluding hydrogens is 250 g/mol. The zero-order valence-electron chi connectivity index (χ0n) is 12.0. The maximum absolute atomic E-state index is 12.7. The Balaban J connectivity index is 2.31. The third kappa shape index (κ3) is 3.02. The van der Waals surface area contributed by atoms with Crippen molar-refractivity contribution < 1.29 is 4.79 Å². The van der Waals surface area contributed by atoms with Gasteiger partial charge in [-0.1, -0.05) is 31.5 Å². The van der Waals surface area contributed by atoms with Crippen molar-refractivity contribution >= 4 is 17.3 Å². The summed E-state index contributed by atoms with van der Waals surface area (Å²) in [5.74, 6) is -0.0103. The van der Waals surface area contributed by atoms with E-state index in [4.69, 9.17) is 5.73 Å². The molecule has 106 valence electrons. The van der Waals surface area contributed by atoms with Crippen LogP contribution in [0.5, 0.6) is 0 Å². The van der Waals surface area contributed by atoms with Crippen molar-refractivity contribution in [3.63, 3.8) is 0 Å². The van der Waals surface area contributed by atoms with Crippen molar-refractivity contribution in [2.24, 2.45) is 7.05 Å². The van der Waals surface area contributed by atoms with E-state index in [1.54, 1.807) is 16.8 Å². The second-order valence-electron chi connectivity index (χ2n) is 4.92. The van der Waals surface area contributed by atoms with Crippen LogP contribution in [-0.4, -0.2) is 17.0 Å². The van der Waals surface area contributed by atoms with Crippen LogP contribution in [0.3, 0.4) is 0 Å². The van der Waals surface area contributed by atoms with Gasteiger partial charge in [-0.2, -0.15) is 0 Å². The van der Waals surface area contributed by atoms with Gasteiger partial charge in [0.05, 0.1) is 5.69 Å². The summed E-state index contributed by atoms with van der Waals surface area (Å²) in [4.78, 5) is 14.6. The number of carbonyl (C=O) groups is 1. The van der Waals surface area contributed by atoms with Crippen molar-refractivity contribution in [3.05, 3.63) is 48.3 Å². The lowest BCUT2D eigenvalue weighted by molar-refractivity contribution is 0.0979. The molecule has 2 rings (SSSR count). The maximum Gasteiger partial charge on any atom is 0.274 e. The summed E-state index contributed by atoms with van der Waals surface area (Å²) < 4.78 is 1.78. The summed E-state index contributed by atoms with van der Waals surface area (Å²) in [5.41, 5.74) is 7.91. The van der Waals surface area contributed by atoms with Gasteiger partial charge in [-0.3, -0.25) is 4.79 Å². The Morgan fingerprint density at radius 2 is 2.00 bits per heavy atom. The largest absolute Gasteiger partial charge is 0.397 e. The van der Waals surface area contributed by atoms with Gasteiger partial charge in [0.15, 0.2) is 0 Å². The van der Waals surface area contributed by atoms with E-state index in [1.807, 2.05) is 42.3 Å². The number of amides is 1. The van der Waals surface area contributed by atoms with Crippen LogP contribution in [0.25, 0.3) is 0 Å². The molecule has 0 fully saturated rings. The number of rotatable bonds is 5. The maximum atomic E-state index is 12.7. The number of hydrogen-bond acceptors (Lipinski definition) is 2. The van der Waals surface area contributed by atoms with Gasteiger partial charge in [0.25, 0.3) is 5.91 Å². The van der Waals surface area contributed by atoms with Gasteiger partial charge in [-0.05, 0) is 24.6 Å². The Hall–Kier alpha value is -2.23. The van der Waals surface area contributed by atoms with E-state index in [9.17, 15) is 4.79 Å². The molecule has 2 N–H and O–H groups in total. The molecule has 1 heterocycles. The molecule has 0 aliphatic carbocycles. The fourth-order valence-corrected chi connectivity index (χ4v) is 2.21. The van der Waals surface area contributed by atoms with E-state index < -0.39 is 0 Å². The van der Waals surface area contributed by atoms with Crippen molar-refractivity contribution in [1.29, 1.82) is 0 Å². The zero-order chi connectivity index (χ0) is 14.5. The molecule has 0 spiro atoms. The lowest BCUT2D eigenvalue weighted by Crippen LogP contribution is -2.33. The SMILES string of the molecule is CCCCN(C(=O)c1cc(N)cn1C)c1ccccc1. The highest BCUT2D eigenvalue weighted by atomic mass is 16.2. The first-order chi connectivity index (χ1) is 9.63. The molecule has 20 heavy (non-hydrogen) atoms. The molecule has 0 atom stereocenters. The number of nitrogens with zero attached hydrogens (tertiary/aromatic N) is 2. The first-order valence-electron chi connectivity index (χ1n) is 6.92. The summed E-state index contributed by atoms with van der Waals surface area (Å²) in [5, 5.41) is 0. The Morgan fingerprint density at radius 1 is 1.30 bits per heavy atom. The van der Waals surface area contributed by atoms with Crippen LogP contribution in [0.4, 0.5) is 11.4 Å². The topological polar surface area (TPSA) is 51.3 Å². The zero-order valence-corrected chi connectivity index (χ0v) is 12.0. The third-order valence-electron chi connectivity index (χ3n) is 3.29. The molecule has 0 radical (unpaired) electrons. The molecule has 4 nitrogen and oxygen atoms in total. The number of nitrogens with two attached hydrogens (primary N) is 1. The number of aryl methyl sites for hydroxylation is 1. The Kier molecular flexibility index (Phi) is 4.45. The highest BCUT2D eigenvalue weighted by Crippen LogP contribution is 2.19. The van der Waals surface area contributed by atoms with E-state index in [0.29, 0.717) is 17.9 Å². The molecule has 4 heteroatoms. The van der Waals surface area contributed by atoms with Gasteiger partial charge >= 0.3 is 0 Å². The Labute approximate surface area is 119 Å². The lowest BCUT2D eigenvalue weighted by atomic mass is 10.2. The van der Waals surface area contributed by atoms with Crippen molar-refractivity contribution in [2.45, 2.75) is 19.8 Å². The fraction of sp³-hybridized carbons (Fsp3) is 0.312. The van der Waals surface area contributed by atoms with Crippen molar-refractivity contribution in [2.75, 3.05) is 17.2 Å². The fourth-order valence-electron chi connectivity index (χ4n) is 2.21. The van der Waals surface area contributed by atoms with Gasteiger partial charge in [-0.15, -0.1) is 0 Å². The number of hydrogen-bond donors (Lipinski definition) is 1. The lowest BCUT2D eigenvalue weighted by Gasteiger charge is -2.23. The molecule has 0 unspecified atom stereocenters. The first-order valence-corrected chi connectivity index (χ1v) is 6.92. The molecule has 1 aromatic heterocycles. The minimum absolute atomic E-state index is 0.0103. The number of nitrogen functional groups attached to an aromatic ring is 1. The third-order valence-corrected chi connectivity index (χ3v) is 3.29. The van der Waals surface area contributed by atoms with Gasteiger partial charge in [0.1, 0.15) is 5.69 Å². The molecule has 0 bridgehead atoms. The Bertz CT molecular complexity index is 575.